The Bertz CT molecular complexity index is 432. The molecule has 3 nitrogen and oxygen atoms in total. The standard InChI is InChI=1S/C14H18N2O/c1-10(2)13(9-15)16-14(17)8-12-6-4-5-11(3)7-12/h4-7,10,13H,8H2,1-3H3,(H,16,17). The average molecular weight is 230 g/mol. The second-order valence-electron chi connectivity index (χ2n) is 4.58. The Kier molecular flexibility index (Phi) is 4.71. The maximum absolute atomic E-state index is 11.7. The Labute approximate surface area is 102 Å². The van der Waals surface area contributed by atoms with Crippen LogP contribution in [0, 0.1) is 24.2 Å². The summed E-state index contributed by atoms with van der Waals surface area (Å²) in [5.74, 6) is 0.0253. The highest BCUT2D eigenvalue weighted by Crippen LogP contribution is 2.06. The van der Waals surface area contributed by atoms with Crippen LogP contribution in [0.3, 0.4) is 0 Å². The van der Waals surface area contributed by atoms with Crippen LogP contribution in [0.15, 0.2) is 24.3 Å². The van der Waals surface area contributed by atoms with Crippen LogP contribution in [0.2, 0.25) is 0 Å². The molecule has 0 heterocycles. The van der Waals surface area contributed by atoms with Gasteiger partial charge in [-0.15, -0.1) is 0 Å². The van der Waals surface area contributed by atoms with Gasteiger partial charge in [0.2, 0.25) is 5.91 Å². The summed E-state index contributed by atoms with van der Waals surface area (Å²) in [6.45, 7) is 5.83. The van der Waals surface area contributed by atoms with E-state index in [2.05, 4.69) is 11.4 Å². The Hall–Kier alpha value is -1.82. The molecule has 1 atom stereocenters. The van der Waals surface area contributed by atoms with E-state index >= 15 is 0 Å². The Morgan fingerprint density at radius 3 is 2.71 bits per heavy atom. The van der Waals surface area contributed by atoms with E-state index in [0.717, 1.165) is 11.1 Å². The van der Waals surface area contributed by atoms with Crippen molar-refractivity contribution in [2.24, 2.45) is 5.92 Å². The molecule has 1 amide bonds. The molecule has 17 heavy (non-hydrogen) atoms. The molecule has 0 fully saturated rings. The molecule has 0 saturated heterocycles. The van der Waals surface area contributed by atoms with Gasteiger partial charge in [0.05, 0.1) is 12.5 Å². The summed E-state index contributed by atoms with van der Waals surface area (Å²) < 4.78 is 0. The van der Waals surface area contributed by atoms with Gasteiger partial charge in [-0.25, -0.2) is 0 Å². The number of carbonyl (C=O) groups excluding carboxylic acids is 1. The van der Waals surface area contributed by atoms with Gasteiger partial charge in [-0.1, -0.05) is 43.7 Å². The average Bonchev–Trinajstić information content (AvgIpc) is 2.25. The lowest BCUT2D eigenvalue weighted by atomic mass is 10.0. The van der Waals surface area contributed by atoms with E-state index in [0.29, 0.717) is 6.42 Å². The summed E-state index contributed by atoms with van der Waals surface area (Å²) in [6.07, 6.45) is 0.326. The van der Waals surface area contributed by atoms with Gasteiger partial charge in [-0.05, 0) is 18.4 Å². The zero-order chi connectivity index (χ0) is 12.8. The number of nitrogens with one attached hydrogen (secondary N) is 1. The Balaban J connectivity index is 2.59. The topological polar surface area (TPSA) is 52.9 Å². The maximum Gasteiger partial charge on any atom is 0.225 e. The van der Waals surface area contributed by atoms with Crippen molar-refractivity contribution >= 4 is 5.91 Å². The van der Waals surface area contributed by atoms with E-state index in [-0.39, 0.29) is 11.8 Å². The summed E-state index contributed by atoms with van der Waals surface area (Å²) >= 11 is 0. The first-order chi connectivity index (χ1) is 8.02. The SMILES string of the molecule is Cc1cccc(CC(=O)NC(C#N)C(C)C)c1. The second-order valence-corrected chi connectivity index (χ2v) is 4.58. The molecule has 0 aliphatic rings. The summed E-state index contributed by atoms with van der Waals surface area (Å²) in [4.78, 5) is 11.7. The summed E-state index contributed by atoms with van der Waals surface area (Å²) in [6, 6.07) is 9.52. The number of carbonyl (C=O) groups is 1. The molecule has 0 aliphatic carbocycles. The number of nitrogens with zero attached hydrogens (tertiary/aromatic N) is 1. The Morgan fingerprint density at radius 1 is 1.47 bits per heavy atom. The number of hydrogen-bond acceptors (Lipinski definition) is 2. The summed E-state index contributed by atoms with van der Waals surface area (Å²) in [5.41, 5.74) is 2.11. The smallest absolute Gasteiger partial charge is 0.225 e. The van der Waals surface area contributed by atoms with E-state index < -0.39 is 6.04 Å². The first-order valence-corrected chi connectivity index (χ1v) is 5.77. The fourth-order valence-electron chi connectivity index (χ4n) is 1.58. The van der Waals surface area contributed by atoms with E-state index in [1.54, 1.807) is 0 Å². The van der Waals surface area contributed by atoms with Crippen molar-refractivity contribution in [2.45, 2.75) is 33.2 Å². The number of hydrogen-bond donors (Lipinski definition) is 1. The lowest BCUT2D eigenvalue weighted by Crippen LogP contribution is -2.38. The first-order valence-electron chi connectivity index (χ1n) is 5.77. The van der Waals surface area contributed by atoms with Gasteiger partial charge in [0.15, 0.2) is 0 Å². The third-order valence-electron chi connectivity index (χ3n) is 2.57. The van der Waals surface area contributed by atoms with Crippen LogP contribution in [0.5, 0.6) is 0 Å². The highest BCUT2D eigenvalue weighted by Gasteiger charge is 2.15. The van der Waals surface area contributed by atoms with E-state index in [4.69, 9.17) is 5.26 Å². The molecule has 0 aliphatic heterocycles. The van der Waals surface area contributed by atoms with Gasteiger partial charge in [0, 0.05) is 0 Å². The molecule has 1 aromatic rings. The fourth-order valence-corrected chi connectivity index (χ4v) is 1.58. The molecule has 3 heteroatoms. The van der Waals surface area contributed by atoms with Crippen molar-refractivity contribution in [1.29, 1.82) is 5.26 Å². The quantitative estimate of drug-likeness (QED) is 0.862. The van der Waals surface area contributed by atoms with Crippen LogP contribution in [0.1, 0.15) is 25.0 Å². The van der Waals surface area contributed by atoms with Crippen molar-refractivity contribution < 1.29 is 4.79 Å². The third kappa shape index (κ3) is 4.28. The van der Waals surface area contributed by atoms with Crippen molar-refractivity contribution in [2.75, 3.05) is 0 Å². The number of rotatable bonds is 4. The van der Waals surface area contributed by atoms with Crippen molar-refractivity contribution in [3.05, 3.63) is 35.4 Å². The van der Waals surface area contributed by atoms with Crippen LogP contribution in [0.4, 0.5) is 0 Å². The first kappa shape index (κ1) is 13.2. The van der Waals surface area contributed by atoms with Gasteiger partial charge in [0.25, 0.3) is 0 Å². The minimum Gasteiger partial charge on any atom is -0.340 e. The molecule has 0 spiro atoms. The van der Waals surface area contributed by atoms with Gasteiger partial charge < -0.3 is 5.32 Å². The van der Waals surface area contributed by atoms with Crippen LogP contribution in [-0.2, 0) is 11.2 Å². The van der Waals surface area contributed by atoms with Crippen molar-refractivity contribution in [1.82, 2.24) is 5.32 Å². The number of benzene rings is 1. The van der Waals surface area contributed by atoms with Crippen LogP contribution in [-0.4, -0.2) is 11.9 Å². The lowest BCUT2D eigenvalue weighted by molar-refractivity contribution is -0.121. The number of amides is 1. The van der Waals surface area contributed by atoms with Crippen molar-refractivity contribution in [3.8, 4) is 6.07 Å². The monoisotopic (exact) mass is 230 g/mol. The second kappa shape index (κ2) is 6.05. The molecule has 0 radical (unpaired) electrons. The lowest BCUT2D eigenvalue weighted by Gasteiger charge is -2.14. The van der Waals surface area contributed by atoms with Gasteiger partial charge in [0.1, 0.15) is 6.04 Å². The van der Waals surface area contributed by atoms with Gasteiger partial charge in [-0.2, -0.15) is 5.26 Å². The molecule has 1 N–H and O–H groups in total. The van der Waals surface area contributed by atoms with Crippen molar-refractivity contribution in [3.63, 3.8) is 0 Å². The van der Waals surface area contributed by atoms with E-state index in [1.165, 1.54) is 0 Å². The van der Waals surface area contributed by atoms with Crippen LogP contribution in [0.25, 0.3) is 0 Å². The number of aryl methyl sites for hydroxylation is 1. The van der Waals surface area contributed by atoms with Crippen LogP contribution < -0.4 is 5.32 Å². The van der Waals surface area contributed by atoms with Gasteiger partial charge >= 0.3 is 0 Å². The molecular weight excluding hydrogens is 212 g/mol. The summed E-state index contributed by atoms with van der Waals surface area (Å²) in [5, 5.41) is 11.6. The van der Waals surface area contributed by atoms with Gasteiger partial charge in [-0.3, -0.25) is 4.79 Å². The third-order valence-corrected chi connectivity index (χ3v) is 2.57. The zero-order valence-electron chi connectivity index (χ0n) is 10.5. The fraction of sp³-hybridized carbons (Fsp3) is 0.429. The molecule has 0 bridgehead atoms. The minimum absolute atomic E-state index is 0.101. The van der Waals surface area contributed by atoms with E-state index in [1.807, 2.05) is 45.0 Å². The molecule has 1 rings (SSSR count). The molecule has 0 aromatic heterocycles. The predicted molar refractivity (Wildman–Crippen MR) is 67.3 cm³/mol. The Morgan fingerprint density at radius 2 is 2.18 bits per heavy atom. The highest BCUT2D eigenvalue weighted by molar-refractivity contribution is 5.79. The highest BCUT2D eigenvalue weighted by atomic mass is 16.1. The maximum atomic E-state index is 11.7. The molecule has 0 saturated carbocycles. The molecule has 90 valence electrons. The van der Waals surface area contributed by atoms with Crippen LogP contribution >= 0.6 is 0 Å². The zero-order valence-corrected chi connectivity index (χ0v) is 10.5. The number of nitriles is 1. The molecule has 1 unspecified atom stereocenters. The normalized spacial score (nSPS) is 11.9. The molecular formula is C14H18N2O. The minimum atomic E-state index is -0.410. The summed E-state index contributed by atoms with van der Waals surface area (Å²) in [7, 11) is 0. The largest absolute Gasteiger partial charge is 0.340 e. The van der Waals surface area contributed by atoms with E-state index in [9.17, 15) is 4.79 Å². The predicted octanol–water partition coefficient (Wildman–Crippen LogP) is 2.20. The molecule has 1 aromatic carbocycles.